The van der Waals surface area contributed by atoms with Crippen LogP contribution in [0, 0.1) is 5.92 Å². The highest BCUT2D eigenvalue weighted by Crippen LogP contribution is 2.08. The molecule has 0 aliphatic carbocycles. The maximum atomic E-state index is 11.7. The van der Waals surface area contributed by atoms with Gasteiger partial charge in [-0.1, -0.05) is 19.4 Å². The number of carbonyl (C=O) groups is 2. The van der Waals surface area contributed by atoms with Crippen molar-refractivity contribution >= 4 is 23.2 Å². The predicted molar refractivity (Wildman–Crippen MR) is 84.4 cm³/mol. The first kappa shape index (κ1) is 17.7. The van der Waals surface area contributed by atoms with Crippen LogP contribution in [0.2, 0.25) is 0 Å². The van der Waals surface area contributed by atoms with Crippen molar-refractivity contribution in [3.8, 4) is 0 Å². The van der Waals surface area contributed by atoms with E-state index in [1.807, 2.05) is 18.4 Å². The second kappa shape index (κ2) is 10.3. The van der Waals surface area contributed by atoms with Crippen molar-refractivity contribution in [2.75, 3.05) is 19.7 Å². The van der Waals surface area contributed by atoms with E-state index in [2.05, 4.69) is 10.6 Å². The molecular weight excluding hydrogens is 288 g/mol. The van der Waals surface area contributed by atoms with Crippen LogP contribution in [-0.4, -0.2) is 36.6 Å². The van der Waals surface area contributed by atoms with Crippen molar-refractivity contribution in [1.82, 2.24) is 10.6 Å². The molecule has 0 radical (unpaired) electrons. The van der Waals surface area contributed by atoms with Gasteiger partial charge >= 0.3 is 0 Å². The summed E-state index contributed by atoms with van der Waals surface area (Å²) < 4.78 is 0. The molecule has 0 fully saturated rings. The van der Waals surface area contributed by atoms with E-state index in [-0.39, 0.29) is 18.4 Å². The number of aliphatic hydroxyl groups excluding tert-OH is 1. The van der Waals surface area contributed by atoms with Crippen LogP contribution in [0.1, 0.15) is 42.3 Å². The van der Waals surface area contributed by atoms with Gasteiger partial charge in [0.25, 0.3) is 5.91 Å². The molecule has 0 aromatic carbocycles. The molecule has 0 saturated heterocycles. The first-order chi connectivity index (χ1) is 10.2. The van der Waals surface area contributed by atoms with Crippen LogP contribution in [0.3, 0.4) is 0 Å². The zero-order valence-electron chi connectivity index (χ0n) is 12.4. The standard InChI is InChI=1S/C15H24N2O3S/c1-2-12(7-9-18)11-17-14(19)6-3-8-16-15(20)13-5-4-10-21-13/h4-5,10,12,18H,2-3,6-9,11H2,1H3,(H,16,20)(H,17,19). The Morgan fingerprint density at radius 1 is 1.38 bits per heavy atom. The second-order valence-electron chi connectivity index (χ2n) is 4.93. The Hall–Kier alpha value is -1.40. The van der Waals surface area contributed by atoms with Crippen LogP contribution in [0.25, 0.3) is 0 Å². The summed E-state index contributed by atoms with van der Waals surface area (Å²) in [5, 5.41) is 16.4. The molecular formula is C15H24N2O3S. The van der Waals surface area contributed by atoms with E-state index < -0.39 is 0 Å². The van der Waals surface area contributed by atoms with Gasteiger partial charge in [0.05, 0.1) is 4.88 Å². The summed E-state index contributed by atoms with van der Waals surface area (Å²) in [6.07, 6.45) is 2.69. The smallest absolute Gasteiger partial charge is 0.261 e. The van der Waals surface area contributed by atoms with Gasteiger partial charge in [0.1, 0.15) is 0 Å². The number of aliphatic hydroxyl groups is 1. The number of hydrogen-bond donors (Lipinski definition) is 3. The van der Waals surface area contributed by atoms with Crippen LogP contribution in [0.5, 0.6) is 0 Å². The number of carbonyl (C=O) groups excluding carboxylic acids is 2. The summed E-state index contributed by atoms with van der Waals surface area (Å²) in [6.45, 7) is 3.31. The van der Waals surface area contributed by atoms with E-state index in [9.17, 15) is 9.59 Å². The Morgan fingerprint density at radius 2 is 2.19 bits per heavy atom. The number of rotatable bonds is 10. The molecule has 0 aliphatic rings. The average molecular weight is 312 g/mol. The highest BCUT2D eigenvalue weighted by molar-refractivity contribution is 7.12. The highest BCUT2D eigenvalue weighted by Gasteiger charge is 2.09. The molecule has 0 bridgehead atoms. The van der Waals surface area contributed by atoms with Gasteiger partial charge in [-0.2, -0.15) is 0 Å². The maximum absolute atomic E-state index is 11.7. The Morgan fingerprint density at radius 3 is 2.81 bits per heavy atom. The Labute approximate surface area is 129 Å². The molecule has 5 nitrogen and oxygen atoms in total. The van der Waals surface area contributed by atoms with Crippen molar-refractivity contribution in [1.29, 1.82) is 0 Å². The third kappa shape index (κ3) is 7.24. The molecule has 3 N–H and O–H groups in total. The number of thiophene rings is 1. The summed E-state index contributed by atoms with van der Waals surface area (Å²) in [4.78, 5) is 24.0. The predicted octanol–water partition coefficient (Wildman–Crippen LogP) is 1.78. The third-order valence-corrected chi connectivity index (χ3v) is 4.18. The molecule has 1 aromatic rings. The second-order valence-corrected chi connectivity index (χ2v) is 5.88. The van der Waals surface area contributed by atoms with Crippen molar-refractivity contribution in [2.24, 2.45) is 5.92 Å². The van der Waals surface area contributed by atoms with Crippen LogP contribution in [0.4, 0.5) is 0 Å². The van der Waals surface area contributed by atoms with Crippen molar-refractivity contribution in [3.63, 3.8) is 0 Å². The fraction of sp³-hybridized carbons (Fsp3) is 0.600. The molecule has 0 aliphatic heterocycles. The fourth-order valence-electron chi connectivity index (χ4n) is 1.93. The maximum Gasteiger partial charge on any atom is 0.261 e. The van der Waals surface area contributed by atoms with Gasteiger partial charge in [-0.05, 0) is 30.2 Å². The van der Waals surface area contributed by atoms with Crippen LogP contribution < -0.4 is 10.6 Å². The van der Waals surface area contributed by atoms with E-state index in [1.165, 1.54) is 11.3 Å². The minimum absolute atomic E-state index is 0.00300. The van der Waals surface area contributed by atoms with Gasteiger partial charge in [-0.25, -0.2) is 0 Å². The Bertz CT molecular complexity index is 421. The molecule has 6 heteroatoms. The van der Waals surface area contributed by atoms with Crippen LogP contribution in [-0.2, 0) is 4.79 Å². The van der Waals surface area contributed by atoms with Crippen LogP contribution >= 0.6 is 11.3 Å². The quantitative estimate of drug-likeness (QED) is 0.576. The minimum Gasteiger partial charge on any atom is -0.396 e. The lowest BCUT2D eigenvalue weighted by molar-refractivity contribution is -0.121. The first-order valence-electron chi connectivity index (χ1n) is 7.36. The van der Waals surface area contributed by atoms with Gasteiger partial charge < -0.3 is 15.7 Å². The van der Waals surface area contributed by atoms with Crippen LogP contribution in [0.15, 0.2) is 17.5 Å². The van der Waals surface area contributed by atoms with Gasteiger partial charge in [0.15, 0.2) is 0 Å². The van der Waals surface area contributed by atoms with Gasteiger partial charge in [-0.15, -0.1) is 11.3 Å². The van der Waals surface area contributed by atoms with Crippen molar-refractivity contribution < 1.29 is 14.7 Å². The molecule has 1 unspecified atom stereocenters. The molecule has 118 valence electrons. The summed E-state index contributed by atoms with van der Waals surface area (Å²) in [5.74, 6) is 0.244. The third-order valence-electron chi connectivity index (χ3n) is 3.31. The summed E-state index contributed by atoms with van der Waals surface area (Å²) in [6, 6.07) is 3.61. The fourth-order valence-corrected chi connectivity index (χ4v) is 2.57. The molecule has 2 amide bonds. The Balaban J connectivity index is 2.09. The SMILES string of the molecule is CCC(CCO)CNC(=O)CCCNC(=O)c1cccs1. The zero-order valence-corrected chi connectivity index (χ0v) is 13.2. The lowest BCUT2D eigenvalue weighted by Crippen LogP contribution is -2.30. The summed E-state index contributed by atoms with van der Waals surface area (Å²) in [7, 11) is 0. The van der Waals surface area contributed by atoms with E-state index in [0.29, 0.717) is 43.1 Å². The van der Waals surface area contributed by atoms with E-state index >= 15 is 0 Å². The van der Waals surface area contributed by atoms with Gasteiger partial charge in [-0.3, -0.25) is 9.59 Å². The number of nitrogens with one attached hydrogen (secondary N) is 2. The number of hydrogen-bond acceptors (Lipinski definition) is 4. The van der Waals surface area contributed by atoms with Gasteiger partial charge in [0, 0.05) is 26.1 Å². The molecule has 21 heavy (non-hydrogen) atoms. The lowest BCUT2D eigenvalue weighted by Gasteiger charge is -2.14. The zero-order chi connectivity index (χ0) is 15.5. The van der Waals surface area contributed by atoms with Gasteiger partial charge in [0.2, 0.25) is 5.91 Å². The molecule has 1 atom stereocenters. The average Bonchev–Trinajstić information content (AvgIpc) is 3.02. The molecule has 1 aromatic heterocycles. The van der Waals surface area contributed by atoms with E-state index in [0.717, 1.165) is 6.42 Å². The van der Waals surface area contributed by atoms with Crippen molar-refractivity contribution in [3.05, 3.63) is 22.4 Å². The molecule has 1 heterocycles. The summed E-state index contributed by atoms with van der Waals surface area (Å²) >= 11 is 1.40. The lowest BCUT2D eigenvalue weighted by atomic mass is 10.0. The number of amides is 2. The normalized spacial score (nSPS) is 11.9. The minimum atomic E-state index is -0.0839. The highest BCUT2D eigenvalue weighted by atomic mass is 32.1. The van der Waals surface area contributed by atoms with Crippen molar-refractivity contribution in [2.45, 2.75) is 32.6 Å². The molecule has 0 spiro atoms. The molecule has 0 saturated carbocycles. The van der Waals surface area contributed by atoms with E-state index in [4.69, 9.17) is 5.11 Å². The summed E-state index contributed by atoms with van der Waals surface area (Å²) in [5.41, 5.74) is 0. The Kier molecular flexibility index (Phi) is 8.69. The largest absolute Gasteiger partial charge is 0.396 e. The molecule has 1 rings (SSSR count). The first-order valence-corrected chi connectivity index (χ1v) is 8.24. The van der Waals surface area contributed by atoms with E-state index in [1.54, 1.807) is 6.07 Å². The topological polar surface area (TPSA) is 78.4 Å². The monoisotopic (exact) mass is 312 g/mol.